The summed E-state index contributed by atoms with van der Waals surface area (Å²) in [5, 5.41) is 23.9. The van der Waals surface area contributed by atoms with Crippen molar-refractivity contribution in [2.45, 2.75) is 6.10 Å². The van der Waals surface area contributed by atoms with Crippen LogP contribution >= 0.6 is 0 Å². The van der Waals surface area contributed by atoms with Gasteiger partial charge in [0.15, 0.2) is 0 Å². The van der Waals surface area contributed by atoms with Crippen LogP contribution in [0.3, 0.4) is 0 Å². The van der Waals surface area contributed by atoms with Crippen molar-refractivity contribution in [1.82, 2.24) is 0 Å². The summed E-state index contributed by atoms with van der Waals surface area (Å²) in [7, 11) is 0. The molecule has 1 atom stereocenters. The van der Waals surface area contributed by atoms with E-state index in [-0.39, 0.29) is 23.5 Å². The van der Waals surface area contributed by atoms with E-state index in [9.17, 15) is 20.0 Å². The molecule has 0 aromatic heterocycles. The number of hydrogen-bond acceptors (Lipinski definition) is 5. The van der Waals surface area contributed by atoms with Crippen molar-refractivity contribution in [2.24, 2.45) is 5.73 Å². The fourth-order valence-corrected chi connectivity index (χ4v) is 1.99. The largest absolute Gasteiger partial charge is 0.387 e. The van der Waals surface area contributed by atoms with E-state index < -0.39 is 16.9 Å². The summed E-state index contributed by atoms with van der Waals surface area (Å²) in [5.41, 5.74) is 5.81. The second kappa shape index (κ2) is 6.68. The maximum atomic E-state index is 11.1. The minimum atomic E-state index is -0.809. The lowest BCUT2D eigenvalue weighted by atomic mass is 10.1. The summed E-state index contributed by atoms with van der Waals surface area (Å²) in [6, 6.07) is 12.8. The average Bonchev–Trinajstić information content (AvgIpc) is 2.53. The summed E-state index contributed by atoms with van der Waals surface area (Å²) < 4.78 is 0. The summed E-state index contributed by atoms with van der Waals surface area (Å²) in [6.45, 7) is 0.0980. The number of nitro benzene ring substituents is 1. The lowest BCUT2D eigenvalue weighted by molar-refractivity contribution is -0.384. The summed E-state index contributed by atoms with van der Waals surface area (Å²) >= 11 is 0. The van der Waals surface area contributed by atoms with Crippen molar-refractivity contribution >= 4 is 17.3 Å². The first-order valence-electron chi connectivity index (χ1n) is 6.54. The molecule has 0 aliphatic heterocycles. The van der Waals surface area contributed by atoms with Crippen LogP contribution in [0.4, 0.5) is 11.4 Å². The molecule has 0 saturated carbocycles. The Kier molecular flexibility index (Phi) is 4.70. The van der Waals surface area contributed by atoms with Gasteiger partial charge in [-0.05, 0) is 17.7 Å². The molecule has 0 saturated heterocycles. The van der Waals surface area contributed by atoms with Crippen LogP contribution < -0.4 is 11.1 Å². The first kappa shape index (κ1) is 15.5. The number of benzene rings is 2. The van der Waals surface area contributed by atoms with Crippen molar-refractivity contribution in [2.75, 3.05) is 11.9 Å². The Bertz CT molecular complexity index is 688. The Balaban J connectivity index is 2.15. The Morgan fingerprint density at radius 3 is 2.55 bits per heavy atom. The number of carbonyl (C=O) groups is 1. The number of nitrogens with two attached hydrogens (primary N) is 1. The monoisotopic (exact) mass is 301 g/mol. The van der Waals surface area contributed by atoms with E-state index in [2.05, 4.69) is 5.32 Å². The van der Waals surface area contributed by atoms with E-state index in [4.69, 9.17) is 5.73 Å². The van der Waals surface area contributed by atoms with Gasteiger partial charge >= 0.3 is 0 Å². The number of rotatable bonds is 6. The summed E-state index contributed by atoms with van der Waals surface area (Å²) in [5.74, 6) is -0.737. The zero-order valence-electron chi connectivity index (χ0n) is 11.6. The third kappa shape index (κ3) is 3.58. The molecule has 114 valence electrons. The minimum Gasteiger partial charge on any atom is -0.387 e. The van der Waals surface area contributed by atoms with E-state index in [0.717, 1.165) is 6.07 Å². The molecule has 2 aromatic carbocycles. The minimum absolute atomic E-state index is 0.0563. The van der Waals surface area contributed by atoms with Gasteiger partial charge in [-0.2, -0.15) is 0 Å². The topological polar surface area (TPSA) is 118 Å². The Morgan fingerprint density at radius 1 is 1.27 bits per heavy atom. The van der Waals surface area contributed by atoms with Crippen LogP contribution in [0.5, 0.6) is 0 Å². The smallest absolute Gasteiger partial charge is 0.293 e. The number of aliphatic hydroxyl groups excluding tert-OH is 1. The van der Waals surface area contributed by atoms with Gasteiger partial charge in [0.25, 0.3) is 5.69 Å². The van der Waals surface area contributed by atoms with Gasteiger partial charge in [-0.3, -0.25) is 14.9 Å². The van der Waals surface area contributed by atoms with Crippen molar-refractivity contribution in [1.29, 1.82) is 0 Å². The fraction of sp³-hybridized carbons (Fsp3) is 0.133. The zero-order valence-corrected chi connectivity index (χ0v) is 11.6. The molecule has 0 fully saturated rings. The van der Waals surface area contributed by atoms with Gasteiger partial charge in [-0.1, -0.05) is 30.3 Å². The molecule has 2 rings (SSSR count). The second-order valence-electron chi connectivity index (χ2n) is 4.66. The number of anilines is 1. The number of hydrogen-bond donors (Lipinski definition) is 3. The molecule has 2 aromatic rings. The highest BCUT2D eigenvalue weighted by molar-refractivity contribution is 5.94. The highest BCUT2D eigenvalue weighted by atomic mass is 16.6. The molecule has 0 aliphatic rings. The first-order chi connectivity index (χ1) is 10.5. The summed E-state index contributed by atoms with van der Waals surface area (Å²) in [4.78, 5) is 21.5. The van der Waals surface area contributed by atoms with Gasteiger partial charge in [0.1, 0.15) is 5.69 Å². The highest BCUT2D eigenvalue weighted by Crippen LogP contribution is 2.26. The van der Waals surface area contributed by atoms with Gasteiger partial charge in [0, 0.05) is 18.2 Å². The number of primary amides is 1. The van der Waals surface area contributed by atoms with E-state index in [1.807, 2.05) is 6.07 Å². The molecule has 1 unspecified atom stereocenters. The highest BCUT2D eigenvalue weighted by Gasteiger charge is 2.17. The van der Waals surface area contributed by atoms with E-state index in [0.29, 0.717) is 5.56 Å². The van der Waals surface area contributed by atoms with Crippen molar-refractivity contribution in [3.63, 3.8) is 0 Å². The van der Waals surface area contributed by atoms with Gasteiger partial charge in [0.2, 0.25) is 5.91 Å². The van der Waals surface area contributed by atoms with Crippen LogP contribution in [0.2, 0.25) is 0 Å². The number of nitrogens with one attached hydrogen (secondary N) is 1. The molecule has 0 spiro atoms. The molecule has 0 aliphatic carbocycles. The van der Waals surface area contributed by atoms with Crippen LogP contribution in [0.1, 0.15) is 22.0 Å². The van der Waals surface area contributed by atoms with Crippen LogP contribution in [0.25, 0.3) is 0 Å². The molecule has 0 heterocycles. The Hall–Kier alpha value is -2.93. The molecular weight excluding hydrogens is 286 g/mol. The molecule has 7 nitrogen and oxygen atoms in total. The molecule has 22 heavy (non-hydrogen) atoms. The average molecular weight is 301 g/mol. The van der Waals surface area contributed by atoms with Crippen molar-refractivity contribution in [3.05, 3.63) is 69.8 Å². The standard InChI is InChI=1S/C15H15N3O4/c16-15(20)11-6-7-12(13(8-11)18(21)22)17-9-14(19)10-4-2-1-3-5-10/h1-8,14,17,19H,9H2,(H2,16,20). The first-order valence-corrected chi connectivity index (χ1v) is 6.54. The van der Waals surface area contributed by atoms with Crippen LogP contribution in [0.15, 0.2) is 48.5 Å². The molecule has 0 radical (unpaired) electrons. The van der Waals surface area contributed by atoms with E-state index in [1.165, 1.54) is 12.1 Å². The Labute approximate surface area is 126 Å². The normalized spacial score (nSPS) is 11.7. The van der Waals surface area contributed by atoms with E-state index >= 15 is 0 Å². The quantitative estimate of drug-likeness (QED) is 0.555. The third-order valence-electron chi connectivity index (χ3n) is 3.15. The number of nitro groups is 1. The lowest BCUT2D eigenvalue weighted by Crippen LogP contribution is -2.14. The number of carbonyl (C=O) groups excluding carboxylic acids is 1. The van der Waals surface area contributed by atoms with Crippen molar-refractivity contribution < 1.29 is 14.8 Å². The molecule has 1 amide bonds. The predicted octanol–water partition coefficient (Wildman–Crippen LogP) is 1.84. The van der Waals surface area contributed by atoms with Crippen molar-refractivity contribution in [3.8, 4) is 0 Å². The third-order valence-corrected chi connectivity index (χ3v) is 3.15. The van der Waals surface area contributed by atoms with Crippen LogP contribution in [-0.2, 0) is 0 Å². The van der Waals surface area contributed by atoms with Crippen LogP contribution in [0, 0.1) is 10.1 Å². The van der Waals surface area contributed by atoms with Gasteiger partial charge in [0.05, 0.1) is 11.0 Å². The van der Waals surface area contributed by atoms with E-state index in [1.54, 1.807) is 24.3 Å². The van der Waals surface area contributed by atoms with Gasteiger partial charge in [-0.15, -0.1) is 0 Å². The Morgan fingerprint density at radius 2 is 1.95 bits per heavy atom. The lowest BCUT2D eigenvalue weighted by Gasteiger charge is -2.13. The number of aliphatic hydroxyl groups is 1. The fourth-order valence-electron chi connectivity index (χ4n) is 1.99. The second-order valence-corrected chi connectivity index (χ2v) is 4.66. The number of amides is 1. The molecule has 7 heteroatoms. The van der Waals surface area contributed by atoms with Crippen LogP contribution in [-0.4, -0.2) is 22.5 Å². The maximum absolute atomic E-state index is 11.1. The molecule has 4 N–H and O–H groups in total. The molecular formula is C15H15N3O4. The SMILES string of the molecule is NC(=O)c1ccc(NCC(O)c2ccccc2)c([N+](=O)[O-])c1. The van der Waals surface area contributed by atoms with Gasteiger partial charge < -0.3 is 16.2 Å². The zero-order chi connectivity index (χ0) is 16.1. The summed E-state index contributed by atoms with van der Waals surface area (Å²) in [6.07, 6.45) is -0.809. The predicted molar refractivity (Wildman–Crippen MR) is 81.5 cm³/mol. The number of nitrogens with zero attached hydrogens (tertiary/aromatic N) is 1. The van der Waals surface area contributed by atoms with Gasteiger partial charge in [-0.25, -0.2) is 0 Å². The maximum Gasteiger partial charge on any atom is 0.293 e. The molecule has 0 bridgehead atoms.